The van der Waals surface area contributed by atoms with Gasteiger partial charge in [-0.25, -0.2) is 4.98 Å². The standard InChI is InChI=1S/C14H22N4O/c1-4-7-15-13-11-12(6-9-16-13)14(19)17-8-5-10-18(2)3/h4,6,9,11H,1,5,7-8,10H2,2-3H3,(H,15,16)(H,17,19). The first-order chi connectivity index (χ1) is 9.13. The summed E-state index contributed by atoms with van der Waals surface area (Å²) in [6.07, 6.45) is 4.31. The topological polar surface area (TPSA) is 57.3 Å². The predicted octanol–water partition coefficient (Wildman–Crippen LogP) is 1.36. The van der Waals surface area contributed by atoms with E-state index in [0.29, 0.717) is 24.5 Å². The van der Waals surface area contributed by atoms with Crippen molar-refractivity contribution in [2.45, 2.75) is 6.42 Å². The van der Waals surface area contributed by atoms with E-state index in [9.17, 15) is 4.79 Å². The van der Waals surface area contributed by atoms with Gasteiger partial charge >= 0.3 is 0 Å². The summed E-state index contributed by atoms with van der Waals surface area (Å²) in [7, 11) is 4.03. The Bertz CT molecular complexity index is 418. The van der Waals surface area contributed by atoms with Crippen molar-refractivity contribution in [1.29, 1.82) is 0 Å². The van der Waals surface area contributed by atoms with Crippen LogP contribution < -0.4 is 10.6 Å². The number of nitrogens with zero attached hydrogens (tertiary/aromatic N) is 2. The van der Waals surface area contributed by atoms with E-state index in [2.05, 4.69) is 27.1 Å². The summed E-state index contributed by atoms with van der Waals surface area (Å²) < 4.78 is 0. The molecule has 5 nitrogen and oxygen atoms in total. The molecule has 0 aliphatic carbocycles. The maximum absolute atomic E-state index is 11.9. The van der Waals surface area contributed by atoms with Gasteiger partial charge in [0.15, 0.2) is 0 Å². The Morgan fingerprint density at radius 2 is 2.32 bits per heavy atom. The number of nitrogens with one attached hydrogen (secondary N) is 2. The number of carbonyl (C=O) groups excluding carboxylic acids is 1. The predicted molar refractivity (Wildman–Crippen MR) is 78.4 cm³/mol. The first-order valence-electron chi connectivity index (χ1n) is 6.37. The van der Waals surface area contributed by atoms with Gasteiger partial charge in [-0.1, -0.05) is 6.08 Å². The Labute approximate surface area is 114 Å². The van der Waals surface area contributed by atoms with Crippen molar-refractivity contribution in [3.8, 4) is 0 Å². The molecule has 1 heterocycles. The number of pyridine rings is 1. The number of amides is 1. The highest BCUT2D eigenvalue weighted by Gasteiger charge is 2.05. The van der Waals surface area contributed by atoms with Crippen LogP contribution in [0.4, 0.5) is 5.82 Å². The van der Waals surface area contributed by atoms with Crippen LogP contribution in [0.2, 0.25) is 0 Å². The molecule has 0 spiro atoms. The number of aromatic nitrogens is 1. The number of carbonyl (C=O) groups is 1. The lowest BCUT2D eigenvalue weighted by atomic mass is 10.2. The molecule has 5 heteroatoms. The van der Waals surface area contributed by atoms with Crippen molar-refractivity contribution in [2.75, 3.05) is 39.0 Å². The van der Waals surface area contributed by atoms with Gasteiger partial charge in [-0.3, -0.25) is 4.79 Å². The summed E-state index contributed by atoms with van der Waals surface area (Å²) >= 11 is 0. The molecule has 2 N–H and O–H groups in total. The zero-order valence-electron chi connectivity index (χ0n) is 11.6. The lowest BCUT2D eigenvalue weighted by molar-refractivity contribution is 0.0952. The molecular formula is C14H22N4O. The second kappa shape index (κ2) is 8.26. The lowest BCUT2D eigenvalue weighted by Crippen LogP contribution is -2.27. The van der Waals surface area contributed by atoms with Crippen LogP contribution in [0.15, 0.2) is 31.0 Å². The van der Waals surface area contributed by atoms with E-state index < -0.39 is 0 Å². The molecule has 0 atom stereocenters. The first kappa shape index (κ1) is 15.2. The molecule has 0 aliphatic rings. The SMILES string of the molecule is C=CCNc1cc(C(=O)NCCCN(C)C)ccn1. The largest absolute Gasteiger partial charge is 0.367 e. The molecule has 0 aliphatic heterocycles. The van der Waals surface area contributed by atoms with Crippen molar-refractivity contribution < 1.29 is 4.79 Å². The van der Waals surface area contributed by atoms with Crippen LogP contribution in [0.1, 0.15) is 16.8 Å². The third kappa shape index (κ3) is 6.01. The second-order valence-corrected chi connectivity index (χ2v) is 4.51. The van der Waals surface area contributed by atoms with Crippen molar-refractivity contribution in [3.63, 3.8) is 0 Å². The Kier molecular flexibility index (Phi) is 6.60. The molecule has 1 amide bonds. The Morgan fingerprint density at radius 1 is 1.53 bits per heavy atom. The Hall–Kier alpha value is -1.88. The first-order valence-corrected chi connectivity index (χ1v) is 6.37. The summed E-state index contributed by atoms with van der Waals surface area (Å²) in [6.45, 7) is 5.89. The van der Waals surface area contributed by atoms with Crippen molar-refractivity contribution in [2.24, 2.45) is 0 Å². The molecule has 1 rings (SSSR count). The monoisotopic (exact) mass is 262 g/mol. The fourth-order valence-electron chi connectivity index (χ4n) is 1.54. The van der Waals surface area contributed by atoms with E-state index >= 15 is 0 Å². The van der Waals surface area contributed by atoms with E-state index in [1.165, 1.54) is 0 Å². The minimum atomic E-state index is -0.0668. The van der Waals surface area contributed by atoms with Gasteiger partial charge in [-0.2, -0.15) is 0 Å². The number of anilines is 1. The molecule has 0 saturated heterocycles. The van der Waals surface area contributed by atoms with E-state index in [-0.39, 0.29) is 5.91 Å². The summed E-state index contributed by atoms with van der Waals surface area (Å²) in [6, 6.07) is 3.45. The molecular weight excluding hydrogens is 240 g/mol. The second-order valence-electron chi connectivity index (χ2n) is 4.51. The Balaban J connectivity index is 2.45. The van der Waals surface area contributed by atoms with Gasteiger partial charge in [0.25, 0.3) is 5.91 Å². The van der Waals surface area contributed by atoms with Gasteiger partial charge in [0, 0.05) is 24.8 Å². The molecule has 0 unspecified atom stereocenters. The summed E-state index contributed by atoms with van der Waals surface area (Å²) in [4.78, 5) is 18.1. The van der Waals surface area contributed by atoms with Crippen LogP contribution in [-0.2, 0) is 0 Å². The van der Waals surface area contributed by atoms with Crippen molar-refractivity contribution >= 4 is 11.7 Å². The third-order valence-corrected chi connectivity index (χ3v) is 2.52. The van der Waals surface area contributed by atoms with Crippen LogP contribution in [0, 0.1) is 0 Å². The highest BCUT2D eigenvalue weighted by atomic mass is 16.1. The van der Waals surface area contributed by atoms with Crippen molar-refractivity contribution in [1.82, 2.24) is 15.2 Å². The fourth-order valence-corrected chi connectivity index (χ4v) is 1.54. The van der Waals surface area contributed by atoms with Crippen molar-refractivity contribution in [3.05, 3.63) is 36.5 Å². The van der Waals surface area contributed by atoms with Gasteiger partial charge in [0.1, 0.15) is 5.82 Å². The molecule has 0 aromatic carbocycles. The molecule has 104 valence electrons. The maximum Gasteiger partial charge on any atom is 0.251 e. The summed E-state index contributed by atoms with van der Waals surface area (Å²) in [5.41, 5.74) is 0.617. The number of rotatable bonds is 8. The maximum atomic E-state index is 11.9. The van der Waals surface area contributed by atoms with Crippen LogP contribution in [0.5, 0.6) is 0 Å². The number of hydrogen-bond donors (Lipinski definition) is 2. The highest BCUT2D eigenvalue weighted by molar-refractivity contribution is 5.94. The summed E-state index contributed by atoms with van der Waals surface area (Å²) in [5.74, 6) is 0.614. The van der Waals surface area contributed by atoms with Crippen LogP contribution >= 0.6 is 0 Å². The Morgan fingerprint density at radius 3 is 3.00 bits per heavy atom. The van der Waals surface area contributed by atoms with E-state index in [0.717, 1.165) is 13.0 Å². The van der Waals surface area contributed by atoms with Crippen LogP contribution in [0.25, 0.3) is 0 Å². The molecule has 0 saturated carbocycles. The van der Waals surface area contributed by atoms with Gasteiger partial charge in [-0.05, 0) is 39.2 Å². The fraction of sp³-hybridized carbons (Fsp3) is 0.429. The molecule has 0 radical (unpaired) electrons. The normalized spacial score (nSPS) is 10.3. The van der Waals surface area contributed by atoms with Gasteiger partial charge in [-0.15, -0.1) is 6.58 Å². The van der Waals surface area contributed by atoms with Crippen LogP contribution in [-0.4, -0.2) is 49.5 Å². The quantitative estimate of drug-likeness (QED) is 0.548. The average Bonchev–Trinajstić information content (AvgIpc) is 2.41. The van der Waals surface area contributed by atoms with Gasteiger partial charge in [0.2, 0.25) is 0 Å². The van der Waals surface area contributed by atoms with E-state index in [1.54, 1.807) is 24.4 Å². The minimum absolute atomic E-state index is 0.0668. The van der Waals surface area contributed by atoms with Gasteiger partial charge in [0.05, 0.1) is 0 Å². The molecule has 0 fully saturated rings. The summed E-state index contributed by atoms with van der Waals surface area (Å²) in [5, 5.41) is 5.95. The highest BCUT2D eigenvalue weighted by Crippen LogP contribution is 2.06. The van der Waals surface area contributed by atoms with E-state index in [1.807, 2.05) is 14.1 Å². The molecule has 1 aromatic heterocycles. The smallest absolute Gasteiger partial charge is 0.251 e. The minimum Gasteiger partial charge on any atom is -0.367 e. The third-order valence-electron chi connectivity index (χ3n) is 2.52. The average molecular weight is 262 g/mol. The zero-order chi connectivity index (χ0) is 14.1. The van der Waals surface area contributed by atoms with Gasteiger partial charge < -0.3 is 15.5 Å². The zero-order valence-corrected chi connectivity index (χ0v) is 11.6. The lowest BCUT2D eigenvalue weighted by Gasteiger charge is -2.10. The number of hydrogen-bond acceptors (Lipinski definition) is 4. The van der Waals surface area contributed by atoms with Crippen LogP contribution in [0.3, 0.4) is 0 Å². The molecule has 0 bridgehead atoms. The molecule has 19 heavy (non-hydrogen) atoms. The van der Waals surface area contributed by atoms with E-state index in [4.69, 9.17) is 0 Å². The molecule has 1 aromatic rings.